The van der Waals surface area contributed by atoms with Gasteiger partial charge in [-0.1, -0.05) is 30.0 Å². The zero-order valence-electron chi connectivity index (χ0n) is 15.8. The number of aromatic nitrogens is 4. The number of carbonyl (C=O) groups excluding carboxylic acids is 1. The fourth-order valence-electron chi connectivity index (χ4n) is 2.93. The van der Waals surface area contributed by atoms with Crippen LogP contribution >= 0.6 is 11.8 Å². The number of nitrogens with zero attached hydrogens (tertiary/aromatic N) is 4. The molecule has 0 saturated carbocycles. The van der Waals surface area contributed by atoms with E-state index in [4.69, 9.17) is 0 Å². The van der Waals surface area contributed by atoms with Gasteiger partial charge in [-0.15, -0.1) is 0 Å². The second kappa shape index (κ2) is 8.70. The van der Waals surface area contributed by atoms with Crippen molar-refractivity contribution < 1.29 is 4.79 Å². The standard InChI is InChI=1S/C22H19N5OS/c1-16(17-9-13-23-14-10-17)27-20(11-15-25-27)26-21(28)19-8-5-12-24-22(19)29-18-6-3-2-4-7-18/h2-16H,1H3,(H,26,28). The molecule has 0 radical (unpaired) electrons. The fourth-order valence-corrected chi connectivity index (χ4v) is 3.83. The van der Waals surface area contributed by atoms with E-state index in [-0.39, 0.29) is 11.9 Å². The van der Waals surface area contributed by atoms with Gasteiger partial charge in [-0.2, -0.15) is 5.10 Å². The molecular formula is C22H19N5OS. The van der Waals surface area contributed by atoms with Crippen molar-refractivity contribution in [3.05, 3.63) is 96.6 Å². The molecule has 6 nitrogen and oxygen atoms in total. The molecule has 0 aliphatic carbocycles. The minimum absolute atomic E-state index is 0.0460. The molecule has 0 aliphatic rings. The number of nitrogens with one attached hydrogen (secondary N) is 1. The summed E-state index contributed by atoms with van der Waals surface area (Å²) in [6, 6.07) is 19.0. The summed E-state index contributed by atoms with van der Waals surface area (Å²) in [5, 5.41) is 8.02. The average molecular weight is 401 g/mol. The first kappa shape index (κ1) is 18.9. The number of hydrogen-bond acceptors (Lipinski definition) is 5. The van der Waals surface area contributed by atoms with Crippen LogP contribution < -0.4 is 5.32 Å². The summed E-state index contributed by atoms with van der Waals surface area (Å²) in [5.41, 5.74) is 1.58. The summed E-state index contributed by atoms with van der Waals surface area (Å²) in [6.07, 6.45) is 6.86. The Morgan fingerprint density at radius 2 is 1.76 bits per heavy atom. The summed E-state index contributed by atoms with van der Waals surface area (Å²) >= 11 is 1.46. The van der Waals surface area contributed by atoms with E-state index in [0.717, 1.165) is 10.5 Å². The second-order valence-corrected chi connectivity index (χ2v) is 7.41. The predicted octanol–water partition coefficient (Wildman–Crippen LogP) is 4.69. The molecule has 4 rings (SSSR count). The molecule has 29 heavy (non-hydrogen) atoms. The Kier molecular flexibility index (Phi) is 5.67. The maximum atomic E-state index is 13.0. The van der Waals surface area contributed by atoms with Gasteiger partial charge in [0.25, 0.3) is 5.91 Å². The Morgan fingerprint density at radius 1 is 0.966 bits per heavy atom. The highest BCUT2D eigenvalue weighted by Crippen LogP contribution is 2.29. The molecule has 0 saturated heterocycles. The lowest BCUT2D eigenvalue weighted by Crippen LogP contribution is -2.19. The Balaban J connectivity index is 1.56. The maximum Gasteiger partial charge on any atom is 0.259 e. The maximum absolute atomic E-state index is 13.0. The van der Waals surface area contributed by atoms with Crippen molar-refractivity contribution >= 4 is 23.5 Å². The monoisotopic (exact) mass is 401 g/mol. The van der Waals surface area contributed by atoms with Crippen LogP contribution in [0.25, 0.3) is 0 Å². The molecule has 0 aliphatic heterocycles. The highest BCUT2D eigenvalue weighted by Gasteiger charge is 2.18. The number of carbonyl (C=O) groups is 1. The van der Waals surface area contributed by atoms with Crippen LogP contribution in [0, 0.1) is 0 Å². The Labute approximate surface area is 173 Å². The molecule has 1 unspecified atom stereocenters. The van der Waals surface area contributed by atoms with Gasteiger partial charge >= 0.3 is 0 Å². The van der Waals surface area contributed by atoms with Crippen molar-refractivity contribution in [2.24, 2.45) is 0 Å². The van der Waals surface area contributed by atoms with Crippen molar-refractivity contribution in [1.29, 1.82) is 0 Å². The molecule has 4 aromatic rings. The fraction of sp³-hybridized carbons (Fsp3) is 0.0909. The molecule has 0 fully saturated rings. The molecule has 0 spiro atoms. The van der Waals surface area contributed by atoms with Crippen LogP contribution in [0.15, 0.2) is 95.4 Å². The van der Waals surface area contributed by atoms with Crippen LogP contribution in [-0.2, 0) is 0 Å². The minimum Gasteiger partial charge on any atom is -0.307 e. The molecule has 1 N–H and O–H groups in total. The van der Waals surface area contributed by atoms with Crippen molar-refractivity contribution in [3.8, 4) is 0 Å². The van der Waals surface area contributed by atoms with E-state index in [2.05, 4.69) is 20.4 Å². The number of pyridine rings is 2. The highest BCUT2D eigenvalue weighted by molar-refractivity contribution is 7.99. The number of benzene rings is 1. The lowest BCUT2D eigenvalue weighted by molar-refractivity contribution is 0.102. The molecule has 144 valence electrons. The van der Waals surface area contributed by atoms with Crippen molar-refractivity contribution in [2.45, 2.75) is 22.9 Å². The van der Waals surface area contributed by atoms with Gasteiger partial charge in [0.15, 0.2) is 0 Å². The normalized spacial score (nSPS) is 11.8. The lowest BCUT2D eigenvalue weighted by atomic mass is 10.1. The van der Waals surface area contributed by atoms with Crippen LogP contribution in [-0.4, -0.2) is 25.7 Å². The van der Waals surface area contributed by atoms with Gasteiger partial charge in [-0.25, -0.2) is 9.67 Å². The van der Waals surface area contributed by atoms with E-state index < -0.39 is 0 Å². The Morgan fingerprint density at radius 3 is 2.55 bits per heavy atom. The van der Waals surface area contributed by atoms with Crippen molar-refractivity contribution in [2.75, 3.05) is 5.32 Å². The van der Waals surface area contributed by atoms with Crippen LogP contribution in [0.5, 0.6) is 0 Å². The minimum atomic E-state index is -0.222. The highest BCUT2D eigenvalue weighted by atomic mass is 32.2. The molecule has 1 amide bonds. The SMILES string of the molecule is CC(c1ccncc1)n1nccc1NC(=O)c1cccnc1Sc1ccccc1. The molecule has 0 bridgehead atoms. The van der Waals surface area contributed by atoms with Crippen molar-refractivity contribution in [1.82, 2.24) is 19.7 Å². The number of anilines is 1. The topological polar surface area (TPSA) is 72.7 Å². The van der Waals surface area contributed by atoms with Gasteiger partial charge in [0.1, 0.15) is 10.8 Å². The number of rotatable bonds is 6. The lowest BCUT2D eigenvalue weighted by Gasteiger charge is -2.16. The van der Waals surface area contributed by atoms with Gasteiger partial charge in [-0.3, -0.25) is 9.78 Å². The van der Waals surface area contributed by atoms with Gasteiger partial charge in [0, 0.05) is 29.6 Å². The van der Waals surface area contributed by atoms with Gasteiger partial charge in [-0.05, 0) is 48.9 Å². The smallest absolute Gasteiger partial charge is 0.259 e. The summed E-state index contributed by atoms with van der Waals surface area (Å²) < 4.78 is 1.79. The quantitative estimate of drug-likeness (QED) is 0.508. The molecular weight excluding hydrogens is 382 g/mol. The summed E-state index contributed by atoms with van der Waals surface area (Å²) in [7, 11) is 0. The zero-order chi connectivity index (χ0) is 20.1. The first-order valence-corrected chi connectivity index (χ1v) is 9.97. The Hall–Kier alpha value is -3.45. The van der Waals surface area contributed by atoms with Gasteiger partial charge < -0.3 is 5.32 Å². The third-order valence-electron chi connectivity index (χ3n) is 4.44. The molecule has 7 heteroatoms. The second-order valence-electron chi connectivity index (χ2n) is 6.34. The number of amides is 1. The van der Waals surface area contributed by atoms with E-state index in [9.17, 15) is 4.79 Å². The van der Waals surface area contributed by atoms with Gasteiger partial charge in [0.05, 0.1) is 17.8 Å². The van der Waals surface area contributed by atoms with E-state index in [1.54, 1.807) is 47.7 Å². The zero-order valence-corrected chi connectivity index (χ0v) is 16.6. The summed E-state index contributed by atoms with van der Waals surface area (Å²) in [4.78, 5) is 22.5. The third kappa shape index (κ3) is 4.35. The van der Waals surface area contributed by atoms with Gasteiger partial charge in [0.2, 0.25) is 0 Å². The first-order chi connectivity index (χ1) is 14.2. The first-order valence-electron chi connectivity index (χ1n) is 9.15. The summed E-state index contributed by atoms with van der Waals surface area (Å²) in [5.74, 6) is 0.402. The van der Waals surface area contributed by atoms with Crippen LogP contribution in [0.4, 0.5) is 5.82 Å². The Bertz CT molecular complexity index is 1100. The summed E-state index contributed by atoms with van der Waals surface area (Å²) in [6.45, 7) is 2.03. The van der Waals surface area contributed by atoms with E-state index in [1.807, 2.05) is 49.4 Å². The molecule has 3 heterocycles. The molecule has 3 aromatic heterocycles. The van der Waals surface area contributed by atoms with E-state index in [1.165, 1.54) is 11.8 Å². The number of hydrogen-bond donors (Lipinski definition) is 1. The van der Waals surface area contributed by atoms with Crippen LogP contribution in [0.3, 0.4) is 0 Å². The predicted molar refractivity (Wildman–Crippen MR) is 113 cm³/mol. The van der Waals surface area contributed by atoms with Crippen LogP contribution in [0.1, 0.15) is 28.9 Å². The molecule has 1 atom stereocenters. The third-order valence-corrected chi connectivity index (χ3v) is 5.47. The molecule has 1 aromatic carbocycles. The van der Waals surface area contributed by atoms with E-state index >= 15 is 0 Å². The van der Waals surface area contributed by atoms with E-state index in [0.29, 0.717) is 16.4 Å². The largest absolute Gasteiger partial charge is 0.307 e. The van der Waals surface area contributed by atoms with Crippen molar-refractivity contribution in [3.63, 3.8) is 0 Å². The average Bonchev–Trinajstić information content (AvgIpc) is 3.23. The van der Waals surface area contributed by atoms with Crippen LogP contribution in [0.2, 0.25) is 0 Å².